The Morgan fingerprint density at radius 3 is 2.64 bits per heavy atom. The van der Waals surface area contributed by atoms with Gasteiger partial charge in [0.25, 0.3) is 0 Å². The molecule has 0 amide bonds. The van der Waals surface area contributed by atoms with Gasteiger partial charge in [0.05, 0.1) is 12.1 Å². The SMILES string of the molecule is COC(C)CNC(C)c1ccc(C)o1. The van der Waals surface area contributed by atoms with E-state index in [9.17, 15) is 0 Å². The quantitative estimate of drug-likeness (QED) is 0.786. The van der Waals surface area contributed by atoms with Gasteiger partial charge in [-0.15, -0.1) is 0 Å². The highest BCUT2D eigenvalue weighted by Crippen LogP contribution is 2.15. The van der Waals surface area contributed by atoms with Crippen molar-refractivity contribution >= 4 is 0 Å². The molecule has 1 heterocycles. The minimum absolute atomic E-state index is 0.230. The Hall–Kier alpha value is -0.800. The molecule has 0 spiro atoms. The first-order valence-corrected chi connectivity index (χ1v) is 4.96. The van der Waals surface area contributed by atoms with Gasteiger partial charge in [-0.1, -0.05) is 0 Å². The molecule has 0 radical (unpaired) electrons. The molecule has 0 saturated heterocycles. The maximum Gasteiger partial charge on any atom is 0.120 e. The predicted octanol–water partition coefficient (Wildman–Crippen LogP) is 2.27. The molecule has 3 heteroatoms. The molecule has 0 aliphatic carbocycles. The van der Waals surface area contributed by atoms with Crippen molar-refractivity contribution in [2.24, 2.45) is 0 Å². The van der Waals surface area contributed by atoms with E-state index in [1.165, 1.54) is 0 Å². The highest BCUT2D eigenvalue weighted by atomic mass is 16.5. The molecule has 0 aliphatic rings. The molecule has 1 rings (SSSR count). The summed E-state index contributed by atoms with van der Waals surface area (Å²) in [5.74, 6) is 1.93. The molecule has 1 aromatic heterocycles. The van der Waals surface area contributed by atoms with Crippen molar-refractivity contribution in [1.82, 2.24) is 5.32 Å². The molecule has 0 fully saturated rings. The Labute approximate surface area is 85.4 Å². The Kier molecular flexibility index (Phi) is 4.17. The van der Waals surface area contributed by atoms with Crippen LogP contribution in [0.4, 0.5) is 0 Å². The van der Waals surface area contributed by atoms with E-state index < -0.39 is 0 Å². The molecule has 2 unspecified atom stereocenters. The van der Waals surface area contributed by atoms with Crippen molar-refractivity contribution in [2.75, 3.05) is 13.7 Å². The molecule has 0 aliphatic heterocycles. The smallest absolute Gasteiger partial charge is 0.120 e. The molecule has 1 N–H and O–H groups in total. The Morgan fingerprint density at radius 2 is 2.14 bits per heavy atom. The van der Waals surface area contributed by atoms with Crippen LogP contribution in [0.3, 0.4) is 0 Å². The van der Waals surface area contributed by atoms with Crippen molar-refractivity contribution in [3.8, 4) is 0 Å². The van der Waals surface area contributed by atoms with Crippen molar-refractivity contribution in [3.05, 3.63) is 23.7 Å². The highest BCUT2D eigenvalue weighted by molar-refractivity contribution is 5.08. The number of methoxy groups -OCH3 is 1. The van der Waals surface area contributed by atoms with E-state index in [1.54, 1.807) is 7.11 Å². The maximum absolute atomic E-state index is 5.51. The van der Waals surface area contributed by atoms with Gasteiger partial charge in [0.15, 0.2) is 0 Å². The highest BCUT2D eigenvalue weighted by Gasteiger charge is 2.09. The minimum atomic E-state index is 0.230. The van der Waals surface area contributed by atoms with Crippen molar-refractivity contribution < 1.29 is 9.15 Å². The van der Waals surface area contributed by atoms with E-state index in [2.05, 4.69) is 12.2 Å². The number of furan rings is 1. The van der Waals surface area contributed by atoms with Gasteiger partial charge in [-0.3, -0.25) is 0 Å². The van der Waals surface area contributed by atoms with Crippen LogP contribution in [0.2, 0.25) is 0 Å². The Balaban J connectivity index is 2.39. The zero-order chi connectivity index (χ0) is 10.6. The van der Waals surface area contributed by atoms with E-state index in [0.717, 1.165) is 18.1 Å². The summed E-state index contributed by atoms with van der Waals surface area (Å²) < 4.78 is 10.7. The zero-order valence-electron chi connectivity index (χ0n) is 9.33. The molecule has 80 valence electrons. The van der Waals surface area contributed by atoms with Crippen molar-refractivity contribution in [1.29, 1.82) is 0 Å². The van der Waals surface area contributed by atoms with E-state index in [0.29, 0.717) is 0 Å². The fraction of sp³-hybridized carbons (Fsp3) is 0.636. The second-order valence-electron chi connectivity index (χ2n) is 3.62. The summed E-state index contributed by atoms with van der Waals surface area (Å²) >= 11 is 0. The van der Waals surface area contributed by atoms with Crippen molar-refractivity contribution in [2.45, 2.75) is 32.9 Å². The lowest BCUT2D eigenvalue weighted by molar-refractivity contribution is 0.114. The first-order valence-electron chi connectivity index (χ1n) is 4.96. The summed E-state index contributed by atoms with van der Waals surface area (Å²) in [4.78, 5) is 0. The summed E-state index contributed by atoms with van der Waals surface area (Å²) in [6, 6.07) is 4.22. The molecule has 1 aromatic rings. The molecule has 2 atom stereocenters. The molecular formula is C11H19NO2. The fourth-order valence-electron chi connectivity index (χ4n) is 1.21. The zero-order valence-corrected chi connectivity index (χ0v) is 9.33. The summed E-state index contributed by atoms with van der Waals surface area (Å²) in [7, 11) is 1.72. The lowest BCUT2D eigenvalue weighted by atomic mass is 10.2. The molecule has 0 aromatic carbocycles. The Morgan fingerprint density at radius 1 is 1.43 bits per heavy atom. The van der Waals surface area contributed by atoms with Crippen LogP contribution in [0, 0.1) is 6.92 Å². The Bertz CT molecular complexity index is 270. The van der Waals surface area contributed by atoms with E-state index in [-0.39, 0.29) is 12.1 Å². The number of ether oxygens (including phenoxy) is 1. The van der Waals surface area contributed by atoms with Crippen LogP contribution >= 0.6 is 0 Å². The first-order chi connectivity index (χ1) is 6.63. The van der Waals surface area contributed by atoms with E-state index >= 15 is 0 Å². The van der Waals surface area contributed by atoms with Gasteiger partial charge in [-0.2, -0.15) is 0 Å². The van der Waals surface area contributed by atoms with Crippen molar-refractivity contribution in [3.63, 3.8) is 0 Å². The topological polar surface area (TPSA) is 34.4 Å². The van der Waals surface area contributed by atoms with Crippen LogP contribution in [0.1, 0.15) is 31.4 Å². The molecule has 0 bridgehead atoms. The molecule has 14 heavy (non-hydrogen) atoms. The third kappa shape index (κ3) is 3.16. The average Bonchev–Trinajstić information content (AvgIpc) is 2.60. The summed E-state index contributed by atoms with van der Waals surface area (Å²) in [6.45, 7) is 6.90. The van der Waals surface area contributed by atoms with Crippen LogP contribution < -0.4 is 5.32 Å². The van der Waals surface area contributed by atoms with Crippen LogP contribution in [0.5, 0.6) is 0 Å². The molecular weight excluding hydrogens is 178 g/mol. The fourth-order valence-corrected chi connectivity index (χ4v) is 1.21. The standard InChI is InChI=1S/C11H19NO2/c1-8-5-6-11(14-8)10(3)12-7-9(2)13-4/h5-6,9-10,12H,7H2,1-4H3. The van der Waals surface area contributed by atoms with Gasteiger partial charge in [0.2, 0.25) is 0 Å². The number of nitrogens with one attached hydrogen (secondary N) is 1. The monoisotopic (exact) mass is 197 g/mol. The largest absolute Gasteiger partial charge is 0.465 e. The van der Waals surface area contributed by atoms with Crippen LogP contribution in [-0.2, 0) is 4.74 Å². The number of hydrogen-bond acceptors (Lipinski definition) is 3. The lowest BCUT2D eigenvalue weighted by Crippen LogP contribution is -2.28. The normalized spacial score (nSPS) is 15.4. The summed E-state index contributed by atoms with van der Waals surface area (Å²) in [6.07, 6.45) is 0.230. The third-order valence-electron chi connectivity index (χ3n) is 2.30. The van der Waals surface area contributed by atoms with E-state index in [1.807, 2.05) is 26.0 Å². The number of hydrogen-bond donors (Lipinski definition) is 1. The number of rotatable bonds is 5. The minimum Gasteiger partial charge on any atom is -0.465 e. The van der Waals surface area contributed by atoms with Crippen LogP contribution in [0.15, 0.2) is 16.5 Å². The summed E-state index contributed by atoms with van der Waals surface area (Å²) in [5.41, 5.74) is 0. The van der Waals surface area contributed by atoms with Gasteiger partial charge in [-0.25, -0.2) is 0 Å². The molecule has 3 nitrogen and oxygen atoms in total. The second-order valence-corrected chi connectivity index (χ2v) is 3.62. The van der Waals surface area contributed by atoms with Crippen LogP contribution in [0.25, 0.3) is 0 Å². The van der Waals surface area contributed by atoms with Crippen LogP contribution in [-0.4, -0.2) is 19.8 Å². The van der Waals surface area contributed by atoms with Gasteiger partial charge in [0, 0.05) is 13.7 Å². The lowest BCUT2D eigenvalue weighted by Gasteiger charge is -2.14. The first kappa shape index (κ1) is 11.3. The number of aryl methyl sites for hydroxylation is 1. The van der Waals surface area contributed by atoms with Gasteiger partial charge in [-0.05, 0) is 32.9 Å². The third-order valence-corrected chi connectivity index (χ3v) is 2.30. The van der Waals surface area contributed by atoms with E-state index in [4.69, 9.17) is 9.15 Å². The average molecular weight is 197 g/mol. The summed E-state index contributed by atoms with van der Waals surface area (Å²) in [5, 5.41) is 3.34. The molecule has 0 saturated carbocycles. The van der Waals surface area contributed by atoms with Gasteiger partial charge >= 0.3 is 0 Å². The predicted molar refractivity (Wildman–Crippen MR) is 56.3 cm³/mol. The second kappa shape index (κ2) is 5.17. The van der Waals surface area contributed by atoms with Gasteiger partial charge in [0.1, 0.15) is 11.5 Å². The van der Waals surface area contributed by atoms with Gasteiger partial charge < -0.3 is 14.5 Å². The maximum atomic E-state index is 5.51.